The molecule has 0 radical (unpaired) electrons. The molecule has 1 aliphatic heterocycles. The predicted octanol–water partition coefficient (Wildman–Crippen LogP) is 3.81. The van der Waals surface area contributed by atoms with Crippen LogP contribution < -0.4 is 5.43 Å². The number of hydrogen-bond donors (Lipinski definition) is 1. The Hall–Kier alpha value is -2.29. The molecule has 0 unspecified atom stereocenters. The molecule has 1 saturated heterocycles. The summed E-state index contributed by atoms with van der Waals surface area (Å²) in [5, 5.41) is 1.06. The maximum Gasteiger partial charge on any atom is 0.285 e. The first-order chi connectivity index (χ1) is 12.5. The molecule has 130 valence electrons. The van der Waals surface area contributed by atoms with E-state index in [0.717, 1.165) is 28.6 Å². The van der Waals surface area contributed by atoms with Crippen LogP contribution in [-0.4, -0.2) is 27.4 Å². The Kier molecular flexibility index (Phi) is 5.65. The van der Waals surface area contributed by atoms with E-state index in [9.17, 15) is 14.4 Å². The lowest BCUT2D eigenvalue weighted by Gasteiger charge is -2.16. The number of nitrogens with one attached hydrogen (secondary N) is 1. The van der Waals surface area contributed by atoms with E-state index in [4.69, 9.17) is 12.2 Å². The summed E-state index contributed by atoms with van der Waals surface area (Å²) in [5.41, 5.74) is 4.24. The molecule has 0 saturated carbocycles. The second-order valence-corrected chi connectivity index (χ2v) is 7.75. The Balaban J connectivity index is 1.78. The quantitative estimate of drug-likeness (QED) is 0.439. The highest BCUT2D eigenvalue weighted by atomic mass is 79.9. The van der Waals surface area contributed by atoms with Gasteiger partial charge < -0.3 is 0 Å². The normalized spacial score (nSPS) is 15.4. The molecule has 0 spiro atoms. The number of hydrazine groups is 1. The molecule has 1 heterocycles. The van der Waals surface area contributed by atoms with Gasteiger partial charge in [-0.1, -0.05) is 48.2 Å². The molecule has 8 heteroatoms. The molecule has 2 aromatic carbocycles. The first-order valence-corrected chi connectivity index (χ1v) is 9.40. The van der Waals surface area contributed by atoms with Gasteiger partial charge in [0.05, 0.1) is 10.5 Å². The maximum atomic E-state index is 12.6. The van der Waals surface area contributed by atoms with Crippen molar-refractivity contribution >= 4 is 68.4 Å². The van der Waals surface area contributed by atoms with Crippen molar-refractivity contribution in [2.75, 3.05) is 0 Å². The molecule has 2 aromatic rings. The summed E-state index contributed by atoms with van der Waals surface area (Å²) < 4.78 is 0.861. The first kappa shape index (κ1) is 18.5. The molecule has 0 atom stereocenters. The second kappa shape index (κ2) is 7.94. The van der Waals surface area contributed by atoms with Crippen molar-refractivity contribution in [1.29, 1.82) is 0 Å². The molecule has 0 bridgehead atoms. The maximum absolute atomic E-state index is 12.6. The van der Waals surface area contributed by atoms with Gasteiger partial charge in [0, 0.05) is 10.0 Å². The van der Waals surface area contributed by atoms with Crippen LogP contribution in [0.25, 0.3) is 6.08 Å². The summed E-state index contributed by atoms with van der Waals surface area (Å²) in [5.74, 6) is -0.842. The summed E-state index contributed by atoms with van der Waals surface area (Å²) in [6.45, 7) is 0. The number of thioether (sulfide) groups is 1. The number of carbonyl (C=O) groups excluding carboxylic acids is 3. The Bertz CT molecular complexity index is 942. The van der Waals surface area contributed by atoms with Crippen molar-refractivity contribution in [2.45, 2.75) is 0 Å². The molecular formula is C18H11BrN2O3S2. The third-order valence-corrected chi connectivity index (χ3v) is 5.49. The summed E-state index contributed by atoms with van der Waals surface area (Å²) >= 11 is 9.61. The zero-order valence-electron chi connectivity index (χ0n) is 13.1. The highest BCUT2D eigenvalue weighted by Gasteiger charge is 2.34. The van der Waals surface area contributed by atoms with E-state index in [1.807, 2.05) is 0 Å². The summed E-state index contributed by atoms with van der Waals surface area (Å²) in [4.78, 5) is 36.0. The molecular weight excluding hydrogens is 436 g/mol. The van der Waals surface area contributed by atoms with Crippen molar-refractivity contribution in [1.82, 2.24) is 10.4 Å². The second-order valence-electron chi connectivity index (χ2n) is 5.22. The van der Waals surface area contributed by atoms with Gasteiger partial charge in [0.1, 0.15) is 6.29 Å². The zero-order chi connectivity index (χ0) is 18.7. The lowest BCUT2D eigenvalue weighted by Crippen LogP contribution is -2.44. The van der Waals surface area contributed by atoms with Crippen LogP contribution in [0, 0.1) is 0 Å². The lowest BCUT2D eigenvalue weighted by molar-refractivity contribution is -0.123. The van der Waals surface area contributed by atoms with Crippen LogP contribution in [0.1, 0.15) is 26.3 Å². The number of benzene rings is 2. The van der Waals surface area contributed by atoms with E-state index in [1.165, 1.54) is 0 Å². The monoisotopic (exact) mass is 446 g/mol. The highest BCUT2D eigenvalue weighted by molar-refractivity contribution is 9.10. The van der Waals surface area contributed by atoms with Crippen LogP contribution in [0.5, 0.6) is 0 Å². The van der Waals surface area contributed by atoms with Crippen LogP contribution in [0.4, 0.5) is 0 Å². The van der Waals surface area contributed by atoms with Gasteiger partial charge in [-0.3, -0.25) is 19.8 Å². The minimum Gasteiger partial charge on any atom is -0.298 e. The molecule has 1 N–H and O–H groups in total. The number of thiocarbonyl (C=S) groups is 1. The fourth-order valence-corrected chi connectivity index (χ4v) is 3.84. The van der Waals surface area contributed by atoms with E-state index < -0.39 is 11.8 Å². The average molecular weight is 447 g/mol. The fraction of sp³-hybridized carbons (Fsp3) is 0. The summed E-state index contributed by atoms with van der Waals surface area (Å²) in [6, 6.07) is 13.7. The molecule has 1 fully saturated rings. The molecule has 3 rings (SSSR count). The van der Waals surface area contributed by atoms with Gasteiger partial charge >= 0.3 is 0 Å². The van der Waals surface area contributed by atoms with Gasteiger partial charge in [-0.15, -0.1) is 0 Å². The van der Waals surface area contributed by atoms with E-state index >= 15 is 0 Å². The van der Waals surface area contributed by atoms with E-state index in [-0.39, 0.29) is 4.32 Å². The molecule has 26 heavy (non-hydrogen) atoms. The minimum atomic E-state index is -0.439. The van der Waals surface area contributed by atoms with Gasteiger partial charge in [-0.2, -0.15) is 5.01 Å². The summed E-state index contributed by atoms with van der Waals surface area (Å²) in [7, 11) is 0. The number of carbonyl (C=O) groups is 3. The SMILES string of the molecule is O=Cc1ccc(C=C2SC(=S)N(NC(=O)c3ccccc3Br)C2=O)cc1. The molecule has 1 aliphatic rings. The van der Waals surface area contributed by atoms with Crippen molar-refractivity contribution in [3.63, 3.8) is 0 Å². The first-order valence-electron chi connectivity index (χ1n) is 7.38. The largest absolute Gasteiger partial charge is 0.298 e. The van der Waals surface area contributed by atoms with Gasteiger partial charge in [0.15, 0.2) is 4.32 Å². The van der Waals surface area contributed by atoms with Gasteiger partial charge in [0.2, 0.25) is 0 Å². The molecule has 0 aromatic heterocycles. The predicted molar refractivity (Wildman–Crippen MR) is 108 cm³/mol. The Morgan fingerprint density at radius 1 is 1.12 bits per heavy atom. The summed E-state index contributed by atoms with van der Waals surface area (Å²) in [6.07, 6.45) is 2.42. The fourth-order valence-electron chi connectivity index (χ4n) is 2.19. The lowest BCUT2D eigenvalue weighted by atomic mass is 10.1. The van der Waals surface area contributed by atoms with Crippen molar-refractivity contribution in [3.05, 3.63) is 74.6 Å². The zero-order valence-corrected chi connectivity index (χ0v) is 16.4. The standard InChI is InChI=1S/C18H11BrN2O3S2/c19-14-4-2-1-3-13(14)16(23)20-21-17(24)15(26-18(21)25)9-11-5-7-12(10-22)8-6-11/h1-10H,(H,20,23). The van der Waals surface area contributed by atoms with Crippen LogP contribution >= 0.6 is 39.9 Å². The van der Waals surface area contributed by atoms with Crippen LogP contribution in [0.2, 0.25) is 0 Å². The smallest absolute Gasteiger partial charge is 0.285 e. The van der Waals surface area contributed by atoms with Crippen LogP contribution in [0.15, 0.2) is 57.9 Å². The Labute approximate surface area is 167 Å². The van der Waals surface area contributed by atoms with Crippen LogP contribution in [0.3, 0.4) is 0 Å². The number of rotatable bonds is 4. The van der Waals surface area contributed by atoms with Gasteiger partial charge in [-0.05, 0) is 51.9 Å². The van der Waals surface area contributed by atoms with Crippen LogP contribution in [-0.2, 0) is 4.79 Å². The van der Waals surface area contributed by atoms with E-state index in [1.54, 1.807) is 54.6 Å². The van der Waals surface area contributed by atoms with Gasteiger partial charge in [-0.25, -0.2) is 0 Å². The third-order valence-electron chi connectivity index (χ3n) is 3.50. The number of nitrogens with zero attached hydrogens (tertiary/aromatic N) is 1. The highest BCUT2D eigenvalue weighted by Crippen LogP contribution is 2.31. The van der Waals surface area contributed by atoms with Crippen molar-refractivity contribution in [2.24, 2.45) is 0 Å². The van der Waals surface area contributed by atoms with E-state index in [2.05, 4.69) is 21.4 Å². The van der Waals surface area contributed by atoms with Gasteiger partial charge in [0.25, 0.3) is 11.8 Å². The Morgan fingerprint density at radius 3 is 2.42 bits per heavy atom. The molecule has 0 aliphatic carbocycles. The number of halogens is 1. The number of hydrogen-bond acceptors (Lipinski definition) is 5. The van der Waals surface area contributed by atoms with Crippen molar-refractivity contribution < 1.29 is 14.4 Å². The topological polar surface area (TPSA) is 66.5 Å². The average Bonchev–Trinajstić information content (AvgIpc) is 2.90. The Morgan fingerprint density at radius 2 is 1.77 bits per heavy atom. The third kappa shape index (κ3) is 3.92. The number of amides is 2. The minimum absolute atomic E-state index is 0.242. The van der Waals surface area contributed by atoms with Crippen molar-refractivity contribution in [3.8, 4) is 0 Å². The molecule has 2 amide bonds. The van der Waals surface area contributed by atoms with E-state index in [0.29, 0.717) is 20.5 Å². The number of aldehydes is 1. The molecule has 5 nitrogen and oxygen atoms in total.